The zero-order valence-corrected chi connectivity index (χ0v) is 17.2. The van der Waals surface area contributed by atoms with Gasteiger partial charge in [0.2, 0.25) is 5.91 Å². The van der Waals surface area contributed by atoms with E-state index in [1.165, 1.54) is 0 Å². The van der Waals surface area contributed by atoms with E-state index in [4.69, 9.17) is 19.4 Å². The van der Waals surface area contributed by atoms with E-state index in [0.717, 1.165) is 0 Å². The normalized spacial score (nSPS) is 12.6. The van der Waals surface area contributed by atoms with Gasteiger partial charge in [0, 0.05) is 18.1 Å². The molecule has 0 spiro atoms. The lowest BCUT2D eigenvalue weighted by Crippen LogP contribution is -2.41. The van der Waals surface area contributed by atoms with Gasteiger partial charge in [-0.2, -0.15) is 0 Å². The van der Waals surface area contributed by atoms with Gasteiger partial charge in [0.25, 0.3) is 5.91 Å². The molecule has 0 bridgehead atoms. The third-order valence-electron chi connectivity index (χ3n) is 4.32. The second kappa shape index (κ2) is 12.6. The summed E-state index contributed by atoms with van der Waals surface area (Å²) in [5, 5.41) is 11.7. The molecule has 8 nitrogen and oxygen atoms in total. The van der Waals surface area contributed by atoms with Crippen molar-refractivity contribution in [3.63, 3.8) is 0 Å². The van der Waals surface area contributed by atoms with Crippen molar-refractivity contribution in [1.82, 2.24) is 10.8 Å². The number of benzene rings is 2. The van der Waals surface area contributed by atoms with Gasteiger partial charge < -0.3 is 19.5 Å². The Morgan fingerprint density at radius 1 is 1.00 bits per heavy atom. The number of hydrogen-bond donors (Lipinski definition) is 3. The highest BCUT2D eigenvalue weighted by molar-refractivity contribution is 5.94. The molecule has 0 aromatic heterocycles. The van der Waals surface area contributed by atoms with Gasteiger partial charge in [0.1, 0.15) is 18.3 Å². The third kappa shape index (κ3) is 7.82. The molecule has 0 saturated heterocycles. The van der Waals surface area contributed by atoms with Gasteiger partial charge in [-0.1, -0.05) is 25.1 Å². The molecule has 0 radical (unpaired) electrons. The lowest BCUT2D eigenvalue weighted by Gasteiger charge is -2.21. The fourth-order valence-corrected chi connectivity index (χ4v) is 2.71. The van der Waals surface area contributed by atoms with E-state index in [0.29, 0.717) is 30.1 Å². The van der Waals surface area contributed by atoms with Crippen molar-refractivity contribution in [2.75, 3.05) is 20.0 Å². The fraction of sp³-hybridized carbons (Fsp3) is 0.364. The van der Waals surface area contributed by atoms with Crippen LogP contribution in [0.5, 0.6) is 11.5 Å². The SMILES string of the molecule is CCOCOC[C@@H](C[C@@H](C)C(=O)NO)NC(=O)c1ccc(Oc2ccccc2)cc1. The summed E-state index contributed by atoms with van der Waals surface area (Å²) in [7, 11) is 0. The van der Waals surface area contributed by atoms with E-state index in [1.807, 2.05) is 37.3 Å². The van der Waals surface area contributed by atoms with Crippen LogP contribution >= 0.6 is 0 Å². The Bertz CT molecular complexity index is 782. The molecule has 0 fully saturated rings. The number of carbonyl (C=O) groups is 2. The molecule has 0 unspecified atom stereocenters. The highest BCUT2D eigenvalue weighted by atomic mass is 16.7. The smallest absolute Gasteiger partial charge is 0.251 e. The zero-order valence-electron chi connectivity index (χ0n) is 17.2. The first-order valence-corrected chi connectivity index (χ1v) is 9.76. The molecule has 2 amide bonds. The summed E-state index contributed by atoms with van der Waals surface area (Å²) in [6.45, 7) is 4.28. The average molecular weight is 416 g/mol. The first-order chi connectivity index (χ1) is 14.5. The lowest BCUT2D eigenvalue weighted by atomic mass is 10.0. The van der Waals surface area contributed by atoms with Crippen molar-refractivity contribution in [1.29, 1.82) is 0 Å². The molecule has 0 heterocycles. The number of ether oxygens (including phenoxy) is 3. The van der Waals surface area contributed by atoms with Gasteiger partial charge in [-0.3, -0.25) is 14.8 Å². The van der Waals surface area contributed by atoms with Gasteiger partial charge in [-0.15, -0.1) is 0 Å². The number of hydrogen-bond acceptors (Lipinski definition) is 6. The predicted molar refractivity (Wildman–Crippen MR) is 110 cm³/mol. The van der Waals surface area contributed by atoms with Crippen LogP contribution < -0.4 is 15.5 Å². The van der Waals surface area contributed by atoms with Gasteiger partial charge >= 0.3 is 0 Å². The molecule has 2 aromatic rings. The van der Waals surface area contributed by atoms with Gasteiger partial charge in [0.15, 0.2) is 0 Å². The summed E-state index contributed by atoms with van der Waals surface area (Å²) in [5.74, 6) is -0.0260. The minimum absolute atomic E-state index is 0.0922. The van der Waals surface area contributed by atoms with Crippen molar-refractivity contribution in [3.8, 4) is 11.5 Å². The average Bonchev–Trinajstić information content (AvgIpc) is 2.77. The van der Waals surface area contributed by atoms with Gasteiger partial charge in [-0.05, 0) is 49.7 Å². The van der Waals surface area contributed by atoms with Crippen LogP contribution in [-0.2, 0) is 14.3 Å². The summed E-state index contributed by atoms with van der Waals surface area (Å²) in [6.07, 6.45) is 0.291. The highest BCUT2D eigenvalue weighted by Gasteiger charge is 2.21. The standard InChI is InChI=1S/C22H28N2O6/c1-3-28-15-29-14-18(13-16(2)21(25)24-27)23-22(26)17-9-11-20(12-10-17)30-19-7-5-4-6-8-19/h4-12,16,18,27H,3,13-15H2,1-2H3,(H,23,26)(H,24,25)/t16-,18-/m1/s1. The van der Waals surface area contributed by atoms with E-state index in [9.17, 15) is 9.59 Å². The Morgan fingerprint density at radius 2 is 1.67 bits per heavy atom. The van der Waals surface area contributed by atoms with Crippen LogP contribution in [-0.4, -0.2) is 43.1 Å². The number of rotatable bonds is 12. The first-order valence-electron chi connectivity index (χ1n) is 9.76. The maximum Gasteiger partial charge on any atom is 0.251 e. The zero-order chi connectivity index (χ0) is 21.8. The van der Waals surface area contributed by atoms with Crippen LogP contribution in [0, 0.1) is 5.92 Å². The summed E-state index contributed by atoms with van der Waals surface area (Å²) < 4.78 is 16.3. The molecule has 0 aliphatic carbocycles. The van der Waals surface area contributed by atoms with Crippen LogP contribution in [0.3, 0.4) is 0 Å². The Labute approximate surface area is 176 Å². The van der Waals surface area contributed by atoms with Crippen LogP contribution in [0.15, 0.2) is 54.6 Å². The number of para-hydroxylation sites is 1. The van der Waals surface area contributed by atoms with Crippen LogP contribution in [0.2, 0.25) is 0 Å². The van der Waals surface area contributed by atoms with Crippen LogP contribution in [0.4, 0.5) is 0 Å². The first kappa shape index (κ1) is 23.3. The number of carbonyl (C=O) groups excluding carboxylic acids is 2. The Balaban J connectivity index is 1.97. The molecule has 8 heteroatoms. The van der Waals surface area contributed by atoms with E-state index in [-0.39, 0.29) is 19.3 Å². The maximum absolute atomic E-state index is 12.6. The fourth-order valence-electron chi connectivity index (χ4n) is 2.71. The monoisotopic (exact) mass is 416 g/mol. The lowest BCUT2D eigenvalue weighted by molar-refractivity contribution is -0.133. The second-order valence-electron chi connectivity index (χ2n) is 6.70. The van der Waals surface area contributed by atoms with Crippen LogP contribution in [0.25, 0.3) is 0 Å². The van der Waals surface area contributed by atoms with E-state index < -0.39 is 17.9 Å². The molecule has 0 saturated carbocycles. The van der Waals surface area contributed by atoms with Crippen molar-refractivity contribution < 1.29 is 29.0 Å². The predicted octanol–water partition coefficient (Wildman–Crippen LogP) is 3.12. The van der Waals surface area contributed by atoms with E-state index in [2.05, 4.69) is 5.32 Å². The van der Waals surface area contributed by atoms with Crippen molar-refractivity contribution >= 4 is 11.8 Å². The van der Waals surface area contributed by atoms with Gasteiger partial charge in [-0.25, -0.2) is 5.48 Å². The molecule has 2 rings (SSSR count). The molecule has 2 atom stereocenters. The van der Waals surface area contributed by atoms with Crippen molar-refractivity contribution in [2.45, 2.75) is 26.3 Å². The Hall–Kier alpha value is -2.94. The molecular formula is C22H28N2O6. The second-order valence-corrected chi connectivity index (χ2v) is 6.70. The van der Waals surface area contributed by atoms with Crippen molar-refractivity contribution in [3.05, 3.63) is 60.2 Å². The quantitative estimate of drug-likeness (QED) is 0.212. The topological polar surface area (TPSA) is 106 Å². The van der Waals surface area contributed by atoms with E-state index in [1.54, 1.807) is 36.7 Å². The molecule has 3 N–H and O–H groups in total. The number of amides is 2. The Kier molecular flexibility index (Phi) is 9.79. The third-order valence-corrected chi connectivity index (χ3v) is 4.32. The highest BCUT2D eigenvalue weighted by Crippen LogP contribution is 2.21. The van der Waals surface area contributed by atoms with Gasteiger partial charge in [0.05, 0.1) is 12.6 Å². The molecule has 0 aliphatic rings. The molecule has 2 aromatic carbocycles. The number of nitrogens with one attached hydrogen (secondary N) is 2. The number of hydroxylamine groups is 1. The molecular weight excluding hydrogens is 388 g/mol. The molecule has 30 heavy (non-hydrogen) atoms. The summed E-state index contributed by atoms with van der Waals surface area (Å²) in [4.78, 5) is 24.3. The Morgan fingerprint density at radius 3 is 2.30 bits per heavy atom. The summed E-state index contributed by atoms with van der Waals surface area (Å²) >= 11 is 0. The molecule has 162 valence electrons. The summed E-state index contributed by atoms with van der Waals surface area (Å²) in [6, 6.07) is 15.7. The van der Waals surface area contributed by atoms with Crippen LogP contribution in [0.1, 0.15) is 30.6 Å². The minimum atomic E-state index is -0.526. The maximum atomic E-state index is 12.6. The summed E-state index contributed by atoms with van der Waals surface area (Å²) in [5.41, 5.74) is 2.08. The minimum Gasteiger partial charge on any atom is -0.457 e. The largest absolute Gasteiger partial charge is 0.457 e. The van der Waals surface area contributed by atoms with Crippen molar-refractivity contribution in [2.24, 2.45) is 5.92 Å². The van der Waals surface area contributed by atoms with E-state index >= 15 is 0 Å². The molecule has 0 aliphatic heterocycles.